The predicted molar refractivity (Wildman–Crippen MR) is 177 cm³/mol. The molecule has 2 aromatic rings. The van der Waals surface area contributed by atoms with Gasteiger partial charge < -0.3 is 36.0 Å². The number of benzene rings is 2. The molecule has 262 valence electrons. The molecule has 0 spiro atoms. The van der Waals surface area contributed by atoms with Crippen LogP contribution >= 0.6 is 0 Å². The van der Waals surface area contributed by atoms with Crippen molar-refractivity contribution in [3.63, 3.8) is 0 Å². The van der Waals surface area contributed by atoms with Crippen LogP contribution in [-0.4, -0.2) is 122 Å². The van der Waals surface area contributed by atoms with Gasteiger partial charge in [-0.3, -0.25) is 19.3 Å². The summed E-state index contributed by atoms with van der Waals surface area (Å²) in [5.74, 6) is -1.76. The first-order chi connectivity index (χ1) is 22.3. The second-order valence-corrected chi connectivity index (χ2v) is 13.9. The Morgan fingerprint density at radius 3 is 2.34 bits per heavy atom. The third kappa shape index (κ3) is 10.6. The van der Waals surface area contributed by atoms with Crippen molar-refractivity contribution >= 4 is 44.3 Å². The van der Waals surface area contributed by atoms with E-state index in [9.17, 15) is 38.1 Å². The van der Waals surface area contributed by atoms with Crippen molar-refractivity contribution in [3.05, 3.63) is 36.4 Å². The zero-order valence-electron chi connectivity index (χ0n) is 27.3. The molecule has 1 heterocycles. The maximum Gasteiger partial charge on any atom is 0.303 e. The fourth-order valence-electron chi connectivity index (χ4n) is 6.01. The van der Waals surface area contributed by atoms with Crippen LogP contribution in [0.5, 0.6) is 0 Å². The highest BCUT2D eigenvalue weighted by Crippen LogP contribution is 2.30. The van der Waals surface area contributed by atoms with Crippen LogP contribution in [0.15, 0.2) is 41.3 Å². The SMILES string of the molecule is CC(=O)N[C@H]1CN(CCCC[C@H](NS(=O)(=O)c2cccc3c(N(C)C)cccc23)C(=O)NCCCCCC(=O)O)[C@H](CO)[C@@H](O)[C@@H]1O. The van der Waals surface area contributed by atoms with E-state index in [1.54, 1.807) is 23.1 Å². The Hall–Kier alpha value is -3.34. The number of unbranched alkanes of at least 4 members (excludes halogenated alkanes) is 3. The number of carbonyl (C=O) groups is 3. The van der Waals surface area contributed by atoms with Crippen LogP contribution in [0.2, 0.25) is 0 Å². The lowest BCUT2D eigenvalue weighted by Crippen LogP contribution is -2.66. The number of carboxylic acid groups (broad SMARTS) is 1. The Morgan fingerprint density at radius 2 is 1.68 bits per heavy atom. The number of anilines is 1. The fraction of sp³-hybridized carbons (Fsp3) is 0.594. The maximum absolute atomic E-state index is 13.8. The van der Waals surface area contributed by atoms with E-state index < -0.39 is 58.8 Å². The van der Waals surface area contributed by atoms with Crippen LogP contribution in [0.25, 0.3) is 10.8 Å². The molecule has 2 aromatic carbocycles. The first-order valence-corrected chi connectivity index (χ1v) is 17.4. The highest BCUT2D eigenvalue weighted by atomic mass is 32.2. The molecule has 1 aliphatic rings. The number of amides is 2. The van der Waals surface area contributed by atoms with E-state index in [0.717, 1.165) is 11.1 Å². The second kappa shape index (κ2) is 17.7. The van der Waals surface area contributed by atoms with Crippen LogP contribution in [-0.2, 0) is 24.4 Å². The molecule has 1 aliphatic heterocycles. The van der Waals surface area contributed by atoms with Gasteiger partial charge in [-0.05, 0) is 44.4 Å². The van der Waals surface area contributed by atoms with Crippen LogP contribution < -0.4 is 20.3 Å². The van der Waals surface area contributed by atoms with Crippen LogP contribution in [0.4, 0.5) is 5.69 Å². The van der Waals surface area contributed by atoms with Gasteiger partial charge in [-0.25, -0.2) is 8.42 Å². The highest BCUT2D eigenvalue weighted by molar-refractivity contribution is 7.89. The number of fused-ring (bicyclic) bond motifs is 1. The fourth-order valence-corrected chi connectivity index (χ4v) is 7.46. The number of hydrogen-bond acceptors (Lipinski definition) is 10. The molecule has 2 amide bonds. The number of aliphatic carboxylic acids is 1. The summed E-state index contributed by atoms with van der Waals surface area (Å²) < 4.78 is 30.2. The van der Waals surface area contributed by atoms with Gasteiger partial charge in [0.25, 0.3) is 0 Å². The Bertz CT molecular complexity index is 1470. The molecule has 14 nitrogen and oxygen atoms in total. The lowest BCUT2D eigenvalue weighted by atomic mass is 9.92. The number of likely N-dealkylation sites (tertiary alicyclic amines) is 1. The van der Waals surface area contributed by atoms with Crippen molar-refractivity contribution in [2.75, 3.05) is 45.2 Å². The number of aliphatic hydroxyl groups is 3. The first-order valence-electron chi connectivity index (χ1n) is 16.0. The smallest absolute Gasteiger partial charge is 0.303 e. The summed E-state index contributed by atoms with van der Waals surface area (Å²) in [5, 5.41) is 46.4. The number of nitrogens with zero attached hydrogens (tertiary/aromatic N) is 2. The molecule has 15 heteroatoms. The van der Waals surface area contributed by atoms with Crippen molar-refractivity contribution in [3.8, 4) is 0 Å². The highest BCUT2D eigenvalue weighted by Gasteiger charge is 2.41. The lowest BCUT2D eigenvalue weighted by molar-refractivity contribution is -0.137. The van der Waals surface area contributed by atoms with E-state index in [0.29, 0.717) is 44.0 Å². The molecule has 0 bridgehead atoms. The first kappa shape index (κ1) is 38.1. The number of carboxylic acids is 1. The van der Waals surface area contributed by atoms with Gasteiger partial charge in [-0.1, -0.05) is 37.1 Å². The Morgan fingerprint density at radius 1 is 0.979 bits per heavy atom. The van der Waals surface area contributed by atoms with Crippen LogP contribution in [0.1, 0.15) is 51.9 Å². The summed E-state index contributed by atoms with van der Waals surface area (Å²) in [5.41, 5.74) is 0.842. The largest absolute Gasteiger partial charge is 0.481 e. The van der Waals surface area contributed by atoms with Gasteiger partial charge in [0, 0.05) is 57.0 Å². The molecule has 47 heavy (non-hydrogen) atoms. The molecular formula is C32H49N5O9S. The van der Waals surface area contributed by atoms with Gasteiger partial charge in [0.2, 0.25) is 21.8 Å². The lowest BCUT2D eigenvalue weighted by Gasteiger charge is -2.45. The number of nitrogens with one attached hydrogen (secondary N) is 3. The minimum Gasteiger partial charge on any atom is -0.481 e. The van der Waals surface area contributed by atoms with E-state index >= 15 is 0 Å². The Labute approximate surface area is 276 Å². The van der Waals surface area contributed by atoms with Crippen molar-refractivity contribution in [1.82, 2.24) is 20.3 Å². The summed E-state index contributed by atoms with van der Waals surface area (Å²) in [6, 6.07) is 7.78. The molecule has 0 aromatic heterocycles. The molecule has 3 rings (SSSR count). The number of aliphatic hydroxyl groups excluding tert-OH is 3. The molecule has 0 saturated carbocycles. The average Bonchev–Trinajstić information content (AvgIpc) is 3.01. The van der Waals surface area contributed by atoms with Gasteiger partial charge in [-0.15, -0.1) is 0 Å². The molecule has 1 fully saturated rings. The quantitative estimate of drug-likeness (QED) is 0.107. The molecule has 7 N–H and O–H groups in total. The molecule has 5 atom stereocenters. The minimum atomic E-state index is -4.16. The number of sulfonamides is 1. The molecule has 1 saturated heterocycles. The van der Waals surface area contributed by atoms with E-state index in [1.807, 2.05) is 31.1 Å². The van der Waals surface area contributed by atoms with E-state index in [1.165, 1.54) is 13.0 Å². The number of rotatable bonds is 18. The molecule has 0 aliphatic carbocycles. The van der Waals surface area contributed by atoms with E-state index in [2.05, 4.69) is 15.4 Å². The van der Waals surface area contributed by atoms with Crippen molar-refractivity contribution in [2.45, 2.75) is 87.1 Å². The third-order valence-electron chi connectivity index (χ3n) is 8.43. The van der Waals surface area contributed by atoms with Crippen LogP contribution in [0.3, 0.4) is 0 Å². The van der Waals surface area contributed by atoms with Gasteiger partial charge >= 0.3 is 5.97 Å². The van der Waals surface area contributed by atoms with Gasteiger partial charge in [0.1, 0.15) is 12.1 Å². The van der Waals surface area contributed by atoms with E-state index in [4.69, 9.17) is 5.11 Å². The maximum atomic E-state index is 13.8. The predicted octanol–water partition coefficient (Wildman–Crippen LogP) is 0.387. The number of carbonyl (C=O) groups excluding carboxylic acids is 2. The summed E-state index contributed by atoms with van der Waals surface area (Å²) >= 11 is 0. The number of piperidine rings is 1. The third-order valence-corrected chi connectivity index (χ3v) is 9.96. The summed E-state index contributed by atoms with van der Waals surface area (Å²) in [6.07, 6.45) is 0.109. The van der Waals surface area contributed by atoms with Gasteiger partial charge in [0.05, 0.1) is 29.7 Å². The molecule has 0 unspecified atom stereocenters. The zero-order chi connectivity index (χ0) is 34.7. The van der Waals surface area contributed by atoms with Gasteiger partial charge in [0.15, 0.2) is 0 Å². The monoisotopic (exact) mass is 679 g/mol. The summed E-state index contributed by atoms with van der Waals surface area (Å²) in [6.45, 7) is 1.70. The van der Waals surface area contributed by atoms with E-state index in [-0.39, 0.29) is 36.7 Å². The van der Waals surface area contributed by atoms with Crippen molar-refractivity contribution < 1.29 is 43.2 Å². The van der Waals surface area contributed by atoms with Gasteiger partial charge in [-0.2, -0.15) is 4.72 Å². The molecular weight excluding hydrogens is 630 g/mol. The second-order valence-electron chi connectivity index (χ2n) is 12.2. The molecule has 0 radical (unpaired) electrons. The Balaban J connectivity index is 1.74. The summed E-state index contributed by atoms with van der Waals surface area (Å²) in [4.78, 5) is 39.4. The topological polar surface area (TPSA) is 209 Å². The normalized spacial score (nSPS) is 20.9. The average molecular weight is 680 g/mol. The number of hydrogen-bond donors (Lipinski definition) is 7. The summed E-state index contributed by atoms with van der Waals surface area (Å²) in [7, 11) is -0.430. The zero-order valence-corrected chi connectivity index (χ0v) is 28.1. The van der Waals surface area contributed by atoms with Crippen molar-refractivity contribution in [1.29, 1.82) is 0 Å². The van der Waals surface area contributed by atoms with Crippen molar-refractivity contribution in [2.24, 2.45) is 0 Å². The minimum absolute atomic E-state index is 0.0344. The standard InChI is InChI=1S/C32H49N5O9S/c1-21(39)34-25-19-37(27(20-38)31(43)30(25)42)18-8-6-13-24(32(44)33-17-7-4-5-16-29(40)41)35-47(45,46)28-15-10-11-22-23(28)12-9-14-26(22)36(2)3/h9-12,14-15,24-25,27,30-31,35,38,42-43H,4-8,13,16-20H2,1-3H3,(H,33,44)(H,34,39)(H,40,41)/t24-,25-,27+,30+,31+/m0/s1. The Kier molecular flexibility index (Phi) is 14.4. The van der Waals surface area contributed by atoms with Crippen LogP contribution in [0, 0.1) is 0 Å².